The normalized spacial score (nSPS) is 14.6. The molecule has 0 saturated carbocycles. The van der Waals surface area contributed by atoms with Crippen LogP contribution in [0.15, 0.2) is 12.7 Å². The van der Waals surface area contributed by atoms with Crippen LogP contribution < -0.4 is 0 Å². The van der Waals surface area contributed by atoms with Crippen LogP contribution in [0.25, 0.3) is 0 Å². The highest BCUT2D eigenvalue weighted by Gasteiger charge is 2.38. The van der Waals surface area contributed by atoms with Crippen molar-refractivity contribution >= 4 is 11.8 Å². The van der Waals surface area contributed by atoms with E-state index in [-0.39, 0.29) is 11.9 Å². The van der Waals surface area contributed by atoms with Gasteiger partial charge in [-0.3, -0.25) is 9.59 Å². The minimum atomic E-state index is -1.08. The quantitative estimate of drug-likeness (QED) is 0.386. The maximum Gasteiger partial charge on any atom is 0.319 e. The van der Waals surface area contributed by atoms with Crippen molar-refractivity contribution in [3.63, 3.8) is 0 Å². The van der Waals surface area contributed by atoms with Crippen molar-refractivity contribution in [2.75, 3.05) is 0 Å². The summed E-state index contributed by atoms with van der Waals surface area (Å²) in [6, 6.07) is 0. The highest BCUT2D eigenvalue weighted by Crippen LogP contribution is 2.25. The molecule has 3 heteroatoms. The fourth-order valence-corrected chi connectivity index (χ4v) is 1.00. The third-order valence-corrected chi connectivity index (χ3v) is 2.12. The first-order valence-corrected chi connectivity index (χ1v) is 4.67. The second-order valence-electron chi connectivity index (χ2n) is 3.84. The molecule has 14 heavy (non-hydrogen) atoms. The summed E-state index contributed by atoms with van der Waals surface area (Å²) in [5.74, 6) is -0.664. The van der Waals surface area contributed by atoms with Crippen molar-refractivity contribution in [1.82, 2.24) is 0 Å². The van der Waals surface area contributed by atoms with E-state index in [2.05, 4.69) is 6.58 Å². The van der Waals surface area contributed by atoms with Gasteiger partial charge in [-0.15, -0.1) is 6.58 Å². The lowest BCUT2D eigenvalue weighted by Gasteiger charge is -2.24. The lowest BCUT2D eigenvalue weighted by Crippen LogP contribution is -2.37. The fourth-order valence-electron chi connectivity index (χ4n) is 1.00. The van der Waals surface area contributed by atoms with Crippen LogP contribution in [0.1, 0.15) is 34.1 Å². The number of hydrogen-bond acceptors (Lipinski definition) is 3. The summed E-state index contributed by atoms with van der Waals surface area (Å²) >= 11 is 0. The molecule has 0 spiro atoms. The van der Waals surface area contributed by atoms with Crippen molar-refractivity contribution in [2.24, 2.45) is 5.41 Å². The van der Waals surface area contributed by atoms with Crippen molar-refractivity contribution in [3.8, 4) is 0 Å². The molecule has 0 rings (SSSR count). The SMILES string of the molecule is C=CC[C@@](C)(C(C)=O)C(=O)OC(C)C. The Hall–Kier alpha value is -1.12. The summed E-state index contributed by atoms with van der Waals surface area (Å²) in [4.78, 5) is 22.9. The third-order valence-electron chi connectivity index (χ3n) is 2.12. The summed E-state index contributed by atoms with van der Waals surface area (Å²) in [6.07, 6.45) is 1.67. The Balaban J connectivity index is 4.73. The first-order chi connectivity index (χ1) is 6.34. The van der Waals surface area contributed by atoms with Crippen LogP contribution in [0.2, 0.25) is 0 Å². The Labute approximate surface area is 85.1 Å². The van der Waals surface area contributed by atoms with Crippen molar-refractivity contribution in [3.05, 3.63) is 12.7 Å². The Morgan fingerprint density at radius 2 is 2.00 bits per heavy atom. The zero-order valence-corrected chi connectivity index (χ0v) is 9.29. The van der Waals surface area contributed by atoms with Crippen LogP contribution in [0.4, 0.5) is 0 Å². The second kappa shape index (κ2) is 4.94. The zero-order valence-electron chi connectivity index (χ0n) is 9.29. The van der Waals surface area contributed by atoms with Gasteiger partial charge in [-0.25, -0.2) is 0 Å². The minimum absolute atomic E-state index is 0.192. The van der Waals surface area contributed by atoms with Gasteiger partial charge in [0, 0.05) is 0 Å². The zero-order chi connectivity index (χ0) is 11.4. The predicted molar refractivity (Wildman–Crippen MR) is 54.8 cm³/mol. The van der Waals surface area contributed by atoms with Gasteiger partial charge >= 0.3 is 5.97 Å². The number of Topliss-reactive ketones (excluding diaryl/α,β-unsaturated/α-hetero) is 1. The largest absolute Gasteiger partial charge is 0.462 e. The molecule has 0 aliphatic carbocycles. The van der Waals surface area contributed by atoms with Crippen LogP contribution in [-0.2, 0) is 14.3 Å². The molecule has 0 bridgehead atoms. The lowest BCUT2D eigenvalue weighted by atomic mass is 9.83. The lowest BCUT2D eigenvalue weighted by molar-refractivity contribution is -0.162. The highest BCUT2D eigenvalue weighted by molar-refractivity contribution is 6.02. The third kappa shape index (κ3) is 2.98. The topological polar surface area (TPSA) is 43.4 Å². The van der Waals surface area contributed by atoms with Crippen LogP contribution in [0, 0.1) is 5.41 Å². The van der Waals surface area contributed by atoms with Gasteiger partial charge in [0.05, 0.1) is 6.10 Å². The number of ketones is 1. The van der Waals surface area contributed by atoms with Gasteiger partial charge in [0.2, 0.25) is 0 Å². The summed E-state index contributed by atoms with van der Waals surface area (Å²) in [6.45, 7) is 10.0. The van der Waals surface area contributed by atoms with Gasteiger partial charge in [-0.2, -0.15) is 0 Å². The van der Waals surface area contributed by atoms with E-state index in [9.17, 15) is 9.59 Å². The van der Waals surface area contributed by atoms with Gasteiger partial charge in [0.25, 0.3) is 0 Å². The molecule has 1 atom stereocenters. The Kier molecular flexibility index (Phi) is 4.54. The number of ether oxygens (including phenoxy) is 1. The Bertz CT molecular complexity index is 243. The Morgan fingerprint density at radius 3 is 2.29 bits per heavy atom. The number of carbonyl (C=O) groups excluding carboxylic acids is 2. The van der Waals surface area contributed by atoms with E-state index in [4.69, 9.17) is 4.74 Å². The summed E-state index contributed by atoms with van der Waals surface area (Å²) in [5.41, 5.74) is -1.08. The summed E-state index contributed by atoms with van der Waals surface area (Å²) in [5, 5.41) is 0. The fraction of sp³-hybridized carbons (Fsp3) is 0.636. The van der Waals surface area contributed by atoms with E-state index < -0.39 is 11.4 Å². The number of hydrogen-bond donors (Lipinski definition) is 0. The molecule has 0 unspecified atom stereocenters. The molecular weight excluding hydrogens is 180 g/mol. The molecule has 0 aliphatic rings. The van der Waals surface area contributed by atoms with E-state index in [0.29, 0.717) is 6.42 Å². The maximum atomic E-state index is 11.6. The molecule has 0 aromatic carbocycles. The molecule has 0 aromatic heterocycles. The van der Waals surface area contributed by atoms with Crippen LogP contribution in [0.3, 0.4) is 0 Å². The van der Waals surface area contributed by atoms with E-state index >= 15 is 0 Å². The number of allylic oxidation sites excluding steroid dienone is 1. The van der Waals surface area contributed by atoms with Crippen molar-refractivity contribution in [2.45, 2.75) is 40.2 Å². The van der Waals surface area contributed by atoms with Gasteiger partial charge in [0.1, 0.15) is 11.2 Å². The molecule has 0 saturated heterocycles. The number of esters is 1. The van der Waals surface area contributed by atoms with E-state index in [1.807, 2.05) is 0 Å². The minimum Gasteiger partial charge on any atom is -0.462 e. The van der Waals surface area contributed by atoms with E-state index in [0.717, 1.165) is 0 Å². The maximum absolute atomic E-state index is 11.6. The monoisotopic (exact) mass is 198 g/mol. The molecule has 0 amide bonds. The van der Waals surface area contributed by atoms with E-state index in [1.165, 1.54) is 6.92 Å². The van der Waals surface area contributed by atoms with Gasteiger partial charge in [-0.05, 0) is 34.1 Å². The standard InChI is InChI=1S/C11H18O3/c1-6-7-11(5,9(4)12)10(13)14-8(2)3/h6,8H,1,7H2,2-5H3/t11-/m0/s1. The predicted octanol–water partition coefficient (Wildman–Crippen LogP) is 2.11. The summed E-state index contributed by atoms with van der Waals surface area (Å²) < 4.78 is 5.02. The molecule has 80 valence electrons. The molecule has 0 heterocycles. The summed E-state index contributed by atoms with van der Waals surface area (Å²) in [7, 11) is 0. The van der Waals surface area contributed by atoms with Crippen LogP contribution in [-0.4, -0.2) is 17.9 Å². The van der Waals surface area contributed by atoms with Gasteiger partial charge in [0.15, 0.2) is 0 Å². The van der Waals surface area contributed by atoms with Crippen molar-refractivity contribution in [1.29, 1.82) is 0 Å². The van der Waals surface area contributed by atoms with Crippen molar-refractivity contribution < 1.29 is 14.3 Å². The average molecular weight is 198 g/mol. The average Bonchev–Trinajstić information content (AvgIpc) is 2.02. The molecule has 3 nitrogen and oxygen atoms in total. The first-order valence-electron chi connectivity index (χ1n) is 4.67. The highest BCUT2D eigenvalue weighted by atomic mass is 16.5. The molecule has 0 aromatic rings. The van der Waals surface area contributed by atoms with E-state index in [1.54, 1.807) is 26.8 Å². The van der Waals surface area contributed by atoms with Gasteiger partial charge in [-0.1, -0.05) is 6.08 Å². The number of carbonyl (C=O) groups is 2. The van der Waals surface area contributed by atoms with Gasteiger partial charge < -0.3 is 4.74 Å². The second-order valence-corrected chi connectivity index (χ2v) is 3.84. The molecule has 0 fully saturated rings. The molecule has 0 aliphatic heterocycles. The smallest absolute Gasteiger partial charge is 0.319 e. The van der Waals surface area contributed by atoms with Crippen LogP contribution in [0.5, 0.6) is 0 Å². The molecule has 0 radical (unpaired) electrons. The molecular formula is C11H18O3. The number of rotatable bonds is 5. The first kappa shape index (κ1) is 12.9. The molecule has 0 N–H and O–H groups in total. The van der Waals surface area contributed by atoms with Crippen LogP contribution >= 0.6 is 0 Å². The Morgan fingerprint density at radius 1 is 1.50 bits per heavy atom.